The van der Waals surface area contributed by atoms with Crippen LogP contribution in [0.5, 0.6) is 0 Å². The highest BCUT2D eigenvalue weighted by molar-refractivity contribution is 9.10. The molecule has 3 aromatic rings. The third-order valence-electron chi connectivity index (χ3n) is 3.91. The van der Waals surface area contributed by atoms with E-state index in [-0.39, 0.29) is 5.02 Å². The maximum Gasteiger partial charge on any atom is 0.141 e. The SMILES string of the molecule is C=Cc1cc(Br)ccc1C(=NC(=C)c1cccnc1)Nc1ccc(F)c(Cl)c1. The van der Waals surface area contributed by atoms with Crippen LogP contribution in [-0.2, 0) is 0 Å². The van der Waals surface area contributed by atoms with Crippen molar-refractivity contribution >= 4 is 50.8 Å². The van der Waals surface area contributed by atoms with E-state index in [1.165, 1.54) is 12.1 Å². The molecule has 0 aliphatic heterocycles. The Balaban J connectivity index is 2.08. The molecule has 3 rings (SSSR count). The molecule has 1 heterocycles. The van der Waals surface area contributed by atoms with E-state index >= 15 is 0 Å². The van der Waals surface area contributed by atoms with Gasteiger partial charge >= 0.3 is 0 Å². The lowest BCUT2D eigenvalue weighted by Gasteiger charge is -2.14. The van der Waals surface area contributed by atoms with Gasteiger partial charge in [-0.15, -0.1) is 0 Å². The Morgan fingerprint density at radius 3 is 2.71 bits per heavy atom. The Hall–Kier alpha value is -2.76. The lowest BCUT2D eigenvalue weighted by Crippen LogP contribution is -2.15. The number of aliphatic imine (C=N–C) groups is 1. The van der Waals surface area contributed by atoms with E-state index in [9.17, 15) is 4.39 Å². The number of anilines is 1. The molecule has 0 spiro atoms. The summed E-state index contributed by atoms with van der Waals surface area (Å²) in [5.41, 5.74) is 3.59. The summed E-state index contributed by atoms with van der Waals surface area (Å²) in [6.07, 6.45) is 5.11. The largest absolute Gasteiger partial charge is 0.340 e. The van der Waals surface area contributed by atoms with Gasteiger partial charge in [0.25, 0.3) is 0 Å². The first-order valence-electron chi connectivity index (χ1n) is 8.30. The van der Waals surface area contributed by atoms with E-state index in [1.807, 2.05) is 30.3 Å². The molecule has 0 saturated carbocycles. The van der Waals surface area contributed by atoms with Gasteiger partial charge in [-0.2, -0.15) is 0 Å². The molecule has 0 aliphatic carbocycles. The standard InChI is InChI=1S/C22H16BrClFN3/c1-3-15-11-17(23)6-8-19(15)22(27-14(2)16-5-4-10-26-13-16)28-18-7-9-21(25)20(24)12-18/h3-13H,1-2H2,(H,27,28). The van der Waals surface area contributed by atoms with Crippen LogP contribution in [0.3, 0.4) is 0 Å². The van der Waals surface area contributed by atoms with Gasteiger partial charge in [0, 0.05) is 33.7 Å². The average molecular weight is 457 g/mol. The summed E-state index contributed by atoms with van der Waals surface area (Å²) < 4.78 is 14.4. The van der Waals surface area contributed by atoms with E-state index in [1.54, 1.807) is 24.5 Å². The van der Waals surface area contributed by atoms with Crippen LogP contribution in [0.1, 0.15) is 16.7 Å². The molecule has 28 heavy (non-hydrogen) atoms. The normalized spacial score (nSPS) is 11.2. The van der Waals surface area contributed by atoms with E-state index in [4.69, 9.17) is 11.6 Å². The van der Waals surface area contributed by atoms with Crippen LogP contribution < -0.4 is 5.32 Å². The number of nitrogens with one attached hydrogen (secondary N) is 1. The predicted molar refractivity (Wildman–Crippen MR) is 119 cm³/mol. The van der Waals surface area contributed by atoms with Crippen molar-refractivity contribution in [3.8, 4) is 0 Å². The van der Waals surface area contributed by atoms with Gasteiger partial charge in [-0.1, -0.05) is 46.8 Å². The van der Waals surface area contributed by atoms with Crippen LogP contribution in [0.4, 0.5) is 10.1 Å². The van der Waals surface area contributed by atoms with Gasteiger partial charge in [-0.3, -0.25) is 4.98 Å². The number of halogens is 3. The van der Waals surface area contributed by atoms with Gasteiger partial charge in [0.2, 0.25) is 0 Å². The fourth-order valence-electron chi connectivity index (χ4n) is 2.52. The van der Waals surface area contributed by atoms with Crippen LogP contribution in [0, 0.1) is 5.82 Å². The third-order valence-corrected chi connectivity index (χ3v) is 4.70. The molecular formula is C22H16BrClFN3. The maximum atomic E-state index is 13.5. The second-order valence-electron chi connectivity index (χ2n) is 5.84. The number of aromatic nitrogens is 1. The fourth-order valence-corrected chi connectivity index (χ4v) is 3.08. The molecule has 0 unspecified atom stereocenters. The minimum atomic E-state index is -0.485. The molecular weight excluding hydrogens is 441 g/mol. The minimum Gasteiger partial charge on any atom is -0.340 e. The molecule has 2 aromatic carbocycles. The van der Waals surface area contributed by atoms with Crippen molar-refractivity contribution in [2.75, 3.05) is 5.32 Å². The second-order valence-corrected chi connectivity index (χ2v) is 7.16. The molecule has 1 aromatic heterocycles. The number of rotatable bonds is 5. The van der Waals surface area contributed by atoms with Crippen molar-refractivity contribution in [1.82, 2.24) is 4.98 Å². The zero-order chi connectivity index (χ0) is 20.1. The van der Waals surface area contributed by atoms with Gasteiger partial charge in [-0.05, 0) is 54.1 Å². The fraction of sp³-hybridized carbons (Fsp3) is 0. The van der Waals surface area contributed by atoms with Crippen LogP contribution in [-0.4, -0.2) is 10.8 Å². The Morgan fingerprint density at radius 1 is 1.21 bits per heavy atom. The second kappa shape index (κ2) is 8.95. The van der Waals surface area contributed by atoms with E-state index in [2.05, 4.69) is 44.4 Å². The number of nitrogens with zero attached hydrogens (tertiary/aromatic N) is 2. The zero-order valence-corrected chi connectivity index (χ0v) is 17.1. The number of pyridine rings is 1. The van der Waals surface area contributed by atoms with Gasteiger partial charge in [-0.25, -0.2) is 9.38 Å². The Morgan fingerprint density at radius 2 is 2.04 bits per heavy atom. The molecule has 140 valence electrons. The first-order chi connectivity index (χ1) is 13.5. The molecule has 0 saturated heterocycles. The van der Waals surface area contributed by atoms with Crippen molar-refractivity contribution in [2.24, 2.45) is 4.99 Å². The minimum absolute atomic E-state index is 0.0233. The topological polar surface area (TPSA) is 37.3 Å². The van der Waals surface area contributed by atoms with E-state index in [0.29, 0.717) is 17.2 Å². The van der Waals surface area contributed by atoms with E-state index in [0.717, 1.165) is 21.2 Å². The maximum absolute atomic E-state index is 13.5. The summed E-state index contributed by atoms with van der Waals surface area (Å²) in [5, 5.41) is 3.24. The molecule has 3 nitrogen and oxygen atoms in total. The van der Waals surface area contributed by atoms with Gasteiger partial charge in [0.05, 0.1) is 10.7 Å². The Labute approximate surface area is 176 Å². The monoisotopic (exact) mass is 455 g/mol. The van der Waals surface area contributed by atoms with Crippen LogP contribution >= 0.6 is 27.5 Å². The van der Waals surface area contributed by atoms with Crippen molar-refractivity contribution in [1.29, 1.82) is 0 Å². The molecule has 0 fully saturated rings. The first-order valence-corrected chi connectivity index (χ1v) is 9.47. The highest BCUT2D eigenvalue weighted by Gasteiger charge is 2.12. The van der Waals surface area contributed by atoms with Crippen molar-refractivity contribution < 1.29 is 4.39 Å². The summed E-state index contributed by atoms with van der Waals surface area (Å²) in [4.78, 5) is 8.78. The number of amidine groups is 1. The highest BCUT2D eigenvalue weighted by atomic mass is 79.9. The zero-order valence-electron chi connectivity index (χ0n) is 14.8. The van der Waals surface area contributed by atoms with Crippen LogP contribution in [0.15, 0.2) is 83.5 Å². The number of hydrogen-bond donors (Lipinski definition) is 1. The summed E-state index contributed by atoms with van der Waals surface area (Å²) in [5.74, 6) is 0.0415. The van der Waals surface area contributed by atoms with Gasteiger partial charge in [0.1, 0.15) is 11.7 Å². The lowest BCUT2D eigenvalue weighted by atomic mass is 10.1. The lowest BCUT2D eigenvalue weighted by molar-refractivity contribution is 0.628. The highest BCUT2D eigenvalue weighted by Crippen LogP contribution is 2.24. The molecule has 0 aliphatic rings. The molecule has 1 N–H and O–H groups in total. The van der Waals surface area contributed by atoms with Crippen molar-refractivity contribution in [3.05, 3.63) is 106 Å². The van der Waals surface area contributed by atoms with Crippen LogP contribution in [0.25, 0.3) is 11.8 Å². The van der Waals surface area contributed by atoms with Crippen molar-refractivity contribution in [2.45, 2.75) is 0 Å². The molecule has 0 radical (unpaired) electrons. The Bertz CT molecular complexity index is 1060. The average Bonchev–Trinajstić information content (AvgIpc) is 2.70. The summed E-state index contributed by atoms with van der Waals surface area (Å²) in [6, 6.07) is 13.8. The van der Waals surface area contributed by atoms with Crippen LogP contribution in [0.2, 0.25) is 5.02 Å². The van der Waals surface area contributed by atoms with Gasteiger partial charge < -0.3 is 5.32 Å². The number of hydrogen-bond acceptors (Lipinski definition) is 2. The van der Waals surface area contributed by atoms with Gasteiger partial charge in [0.15, 0.2) is 0 Å². The molecule has 0 atom stereocenters. The first kappa shape index (κ1) is 20.0. The molecule has 0 amide bonds. The molecule has 0 bridgehead atoms. The quantitative estimate of drug-likeness (QED) is 0.338. The third kappa shape index (κ3) is 4.74. The predicted octanol–water partition coefficient (Wildman–Crippen LogP) is 6.81. The Kier molecular flexibility index (Phi) is 6.39. The summed E-state index contributed by atoms with van der Waals surface area (Å²) in [7, 11) is 0. The smallest absolute Gasteiger partial charge is 0.141 e. The van der Waals surface area contributed by atoms with Crippen molar-refractivity contribution in [3.63, 3.8) is 0 Å². The molecule has 6 heteroatoms. The number of benzene rings is 2. The summed E-state index contributed by atoms with van der Waals surface area (Å²) >= 11 is 9.39. The summed E-state index contributed by atoms with van der Waals surface area (Å²) in [6.45, 7) is 7.93. The van der Waals surface area contributed by atoms with E-state index < -0.39 is 5.82 Å².